The molecule has 5 aromatic rings. The van der Waals surface area contributed by atoms with E-state index in [0.29, 0.717) is 19.1 Å². The molecule has 0 aliphatic rings. The van der Waals surface area contributed by atoms with Crippen LogP contribution in [0.4, 0.5) is 5.95 Å². The normalized spacial score (nSPS) is 11.4. The molecule has 7 heteroatoms. The van der Waals surface area contributed by atoms with Crippen LogP contribution in [-0.4, -0.2) is 32.6 Å². The van der Waals surface area contributed by atoms with Crippen LogP contribution in [0.25, 0.3) is 22.1 Å². The fourth-order valence-electron chi connectivity index (χ4n) is 3.77. The average molecular weight is 437 g/mol. The quantitative estimate of drug-likeness (QED) is 0.265. The number of rotatable bonds is 8. The van der Waals surface area contributed by atoms with Crippen LogP contribution in [0.2, 0.25) is 0 Å². The Kier molecular flexibility index (Phi) is 5.93. The first-order valence-electron chi connectivity index (χ1n) is 11.0. The van der Waals surface area contributed by atoms with Crippen LogP contribution in [-0.2, 0) is 6.54 Å². The maximum atomic E-state index is 5.79. The van der Waals surface area contributed by atoms with Gasteiger partial charge in [0.15, 0.2) is 5.65 Å². The number of ether oxygens (including phenoxy) is 1. The number of hydrazone groups is 1. The van der Waals surface area contributed by atoms with Gasteiger partial charge in [0.25, 0.3) is 5.95 Å². The highest BCUT2D eigenvalue weighted by molar-refractivity contribution is 6.04. The zero-order valence-electron chi connectivity index (χ0n) is 18.3. The molecule has 0 bridgehead atoms. The number of fused-ring (bicyclic) bond motifs is 3. The summed E-state index contributed by atoms with van der Waals surface area (Å²) in [5, 5.41) is 14.1. The molecule has 0 amide bonds. The Labute approximate surface area is 191 Å². The van der Waals surface area contributed by atoms with Gasteiger partial charge in [0.1, 0.15) is 11.3 Å². The van der Waals surface area contributed by atoms with Crippen molar-refractivity contribution < 1.29 is 4.74 Å². The van der Waals surface area contributed by atoms with E-state index in [9.17, 15) is 0 Å². The van der Waals surface area contributed by atoms with Crippen molar-refractivity contribution in [3.8, 4) is 5.75 Å². The third-order valence-corrected chi connectivity index (χ3v) is 5.31. The summed E-state index contributed by atoms with van der Waals surface area (Å²) in [4.78, 5) is 4.75. The lowest BCUT2D eigenvalue weighted by Gasteiger charge is -2.08. The molecular formula is C26H24N6O. The highest BCUT2D eigenvalue weighted by atomic mass is 16.5. The standard InChI is InChI=1S/C26H24N6O/c1-2-16-33-23-15-9-6-12-20(23)17-27-30-26-28-25-24(29-31-26)21-13-7-8-14-22(21)32(25)18-19-10-4-3-5-11-19/h3-15,17H,2,16,18H2,1H3,(H,28,30,31)/b27-17-. The van der Waals surface area contributed by atoms with Gasteiger partial charge in [-0.2, -0.15) is 10.1 Å². The smallest absolute Gasteiger partial charge is 0.265 e. The van der Waals surface area contributed by atoms with E-state index in [2.05, 4.69) is 50.4 Å². The molecule has 0 unspecified atom stereocenters. The average Bonchev–Trinajstić information content (AvgIpc) is 3.17. The minimum atomic E-state index is 0.336. The fraction of sp³-hybridized carbons (Fsp3) is 0.154. The van der Waals surface area contributed by atoms with Gasteiger partial charge >= 0.3 is 0 Å². The summed E-state index contributed by atoms with van der Waals surface area (Å²) in [5.41, 5.74) is 7.60. The predicted molar refractivity (Wildman–Crippen MR) is 132 cm³/mol. The Morgan fingerprint density at radius 1 is 0.939 bits per heavy atom. The fourth-order valence-corrected chi connectivity index (χ4v) is 3.77. The zero-order chi connectivity index (χ0) is 22.5. The summed E-state index contributed by atoms with van der Waals surface area (Å²) >= 11 is 0. The molecule has 33 heavy (non-hydrogen) atoms. The van der Waals surface area contributed by atoms with Gasteiger partial charge in [-0.05, 0) is 30.2 Å². The van der Waals surface area contributed by atoms with E-state index in [0.717, 1.165) is 39.8 Å². The Bertz CT molecular complexity index is 1410. The number of hydrogen-bond acceptors (Lipinski definition) is 6. The molecular weight excluding hydrogens is 412 g/mol. The van der Waals surface area contributed by atoms with Gasteiger partial charge in [-0.3, -0.25) is 0 Å². The summed E-state index contributed by atoms with van der Waals surface area (Å²) in [6, 6.07) is 26.3. The first-order chi connectivity index (χ1) is 16.3. The number of nitrogens with zero attached hydrogens (tertiary/aromatic N) is 5. The molecule has 3 aromatic carbocycles. The van der Waals surface area contributed by atoms with Gasteiger partial charge in [-0.1, -0.05) is 67.6 Å². The molecule has 164 valence electrons. The third-order valence-electron chi connectivity index (χ3n) is 5.31. The van der Waals surface area contributed by atoms with Crippen molar-refractivity contribution >= 4 is 34.2 Å². The Balaban J connectivity index is 1.47. The lowest BCUT2D eigenvalue weighted by atomic mass is 10.2. The molecule has 5 rings (SSSR count). The van der Waals surface area contributed by atoms with Crippen LogP contribution in [0.3, 0.4) is 0 Å². The summed E-state index contributed by atoms with van der Waals surface area (Å²) in [6.45, 7) is 3.43. The van der Waals surface area contributed by atoms with Crippen molar-refractivity contribution in [1.29, 1.82) is 0 Å². The Hall–Kier alpha value is -4.26. The monoisotopic (exact) mass is 436 g/mol. The molecule has 0 aliphatic carbocycles. The maximum absolute atomic E-state index is 5.79. The number of para-hydroxylation sites is 2. The number of aromatic nitrogens is 4. The van der Waals surface area contributed by atoms with Crippen molar-refractivity contribution in [3.05, 3.63) is 90.0 Å². The second kappa shape index (κ2) is 9.48. The number of benzene rings is 3. The molecule has 0 aliphatic heterocycles. The first-order valence-corrected chi connectivity index (χ1v) is 11.0. The van der Waals surface area contributed by atoms with Gasteiger partial charge in [0.05, 0.1) is 18.3 Å². The Morgan fingerprint density at radius 3 is 2.61 bits per heavy atom. The topological polar surface area (TPSA) is 77.2 Å². The molecule has 0 radical (unpaired) electrons. The van der Waals surface area contributed by atoms with Crippen molar-refractivity contribution in [3.63, 3.8) is 0 Å². The van der Waals surface area contributed by atoms with Gasteiger partial charge in [0.2, 0.25) is 0 Å². The molecule has 0 fully saturated rings. The van der Waals surface area contributed by atoms with Crippen LogP contribution in [0, 0.1) is 0 Å². The van der Waals surface area contributed by atoms with E-state index in [1.807, 2.05) is 60.7 Å². The highest BCUT2D eigenvalue weighted by Gasteiger charge is 2.14. The maximum Gasteiger partial charge on any atom is 0.265 e. The SMILES string of the molecule is CCCOc1ccccc1/C=N\Nc1nnc2c3ccccc3n(Cc3ccccc3)c2n1. The molecule has 7 nitrogen and oxygen atoms in total. The van der Waals surface area contributed by atoms with E-state index >= 15 is 0 Å². The number of hydrogen-bond donors (Lipinski definition) is 1. The largest absolute Gasteiger partial charge is 0.493 e. The molecule has 1 N–H and O–H groups in total. The van der Waals surface area contributed by atoms with E-state index in [1.165, 1.54) is 5.56 Å². The predicted octanol–water partition coefficient (Wildman–Crippen LogP) is 5.26. The molecule has 2 aromatic heterocycles. The molecule has 0 saturated heterocycles. The minimum absolute atomic E-state index is 0.336. The number of nitrogens with one attached hydrogen (secondary N) is 1. The van der Waals surface area contributed by atoms with Crippen LogP contribution in [0.1, 0.15) is 24.5 Å². The second-order valence-electron chi connectivity index (χ2n) is 7.65. The highest BCUT2D eigenvalue weighted by Crippen LogP contribution is 2.27. The lowest BCUT2D eigenvalue weighted by Crippen LogP contribution is -2.04. The summed E-state index contributed by atoms with van der Waals surface area (Å²) < 4.78 is 7.95. The lowest BCUT2D eigenvalue weighted by molar-refractivity contribution is 0.317. The summed E-state index contributed by atoms with van der Waals surface area (Å²) in [6.07, 6.45) is 2.65. The van der Waals surface area contributed by atoms with E-state index in [4.69, 9.17) is 9.72 Å². The van der Waals surface area contributed by atoms with Crippen LogP contribution >= 0.6 is 0 Å². The van der Waals surface area contributed by atoms with E-state index < -0.39 is 0 Å². The third kappa shape index (κ3) is 4.39. The summed E-state index contributed by atoms with van der Waals surface area (Å²) in [7, 11) is 0. The van der Waals surface area contributed by atoms with Gasteiger partial charge in [-0.15, -0.1) is 10.2 Å². The van der Waals surface area contributed by atoms with Crippen molar-refractivity contribution in [2.75, 3.05) is 12.0 Å². The molecule has 0 saturated carbocycles. The number of anilines is 1. The Morgan fingerprint density at radius 2 is 1.73 bits per heavy atom. The van der Waals surface area contributed by atoms with Crippen molar-refractivity contribution in [2.24, 2.45) is 5.10 Å². The molecule has 0 spiro atoms. The minimum Gasteiger partial charge on any atom is -0.493 e. The first kappa shape index (κ1) is 20.6. The van der Waals surface area contributed by atoms with E-state index in [-0.39, 0.29) is 0 Å². The van der Waals surface area contributed by atoms with Gasteiger partial charge in [-0.25, -0.2) is 5.43 Å². The van der Waals surface area contributed by atoms with Crippen LogP contribution < -0.4 is 10.2 Å². The molecule has 0 atom stereocenters. The van der Waals surface area contributed by atoms with Gasteiger partial charge in [0, 0.05) is 17.5 Å². The molecule has 2 heterocycles. The van der Waals surface area contributed by atoms with E-state index in [1.54, 1.807) is 6.21 Å². The van der Waals surface area contributed by atoms with Crippen molar-refractivity contribution in [1.82, 2.24) is 19.7 Å². The summed E-state index contributed by atoms with van der Waals surface area (Å²) in [5.74, 6) is 1.13. The van der Waals surface area contributed by atoms with Gasteiger partial charge < -0.3 is 9.30 Å². The van der Waals surface area contributed by atoms with Crippen LogP contribution in [0.5, 0.6) is 5.75 Å². The van der Waals surface area contributed by atoms with Crippen molar-refractivity contribution in [2.45, 2.75) is 19.9 Å². The zero-order valence-corrected chi connectivity index (χ0v) is 18.3. The second-order valence-corrected chi connectivity index (χ2v) is 7.65. The van der Waals surface area contributed by atoms with Crippen LogP contribution in [0.15, 0.2) is 84.0 Å².